The van der Waals surface area contributed by atoms with Crippen molar-refractivity contribution in [2.75, 3.05) is 19.0 Å². The van der Waals surface area contributed by atoms with Gasteiger partial charge in [0.05, 0.1) is 13.7 Å². The summed E-state index contributed by atoms with van der Waals surface area (Å²) in [4.78, 5) is 19.0. The van der Waals surface area contributed by atoms with Crippen molar-refractivity contribution < 1.29 is 9.53 Å². The van der Waals surface area contributed by atoms with Crippen LogP contribution in [0.2, 0.25) is 0 Å². The summed E-state index contributed by atoms with van der Waals surface area (Å²) in [6.45, 7) is 0.752. The van der Waals surface area contributed by atoms with Crippen molar-refractivity contribution in [1.29, 1.82) is 0 Å². The molecule has 7 heteroatoms. The molecule has 0 aliphatic carbocycles. The van der Waals surface area contributed by atoms with Crippen LogP contribution in [0.15, 0.2) is 46.8 Å². The van der Waals surface area contributed by atoms with Gasteiger partial charge in [0.1, 0.15) is 12.3 Å². The molecule has 1 aromatic carbocycles. The van der Waals surface area contributed by atoms with Gasteiger partial charge in [0.15, 0.2) is 0 Å². The van der Waals surface area contributed by atoms with E-state index in [4.69, 9.17) is 4.74 Å². The fourth-order valence-electron chi connectivity index (χ4n) is 2.06. The predicted molar refractivity (Wildman–Crippen MR) is 91.0 cm³/mol. The zero-order chi connectivity index (χ0) is 14.7. The van der Waals surface area contributed by atoms with E-state index in [1.807, 2.05) is 41.8 Å². The molecule has 1 amide bonds. The zero-order valence-electron chi connectivity index (χ0n) is 12.0. The molecule has 22 heavy (non-hydrogen) atoms. The molecular weight excluding hydrogens is 322 g/mol. The number of hydrogen-bond donors (Lipinski definition) is 1. The number of nitrogens with zero attached hydrogens (tertiary/aromatic N) is 2. The summed E-state index contributed by atoms with van der Waals surface area (Å²) in [5.74, 6) is 1.40. The predicted octanol–water partition coefficient (Wildman–Crippen LogP) is 2.99. The number of carbonyl (C=O) groups excluding carboxylic acids is 1. The molecule has 2 aromatic rings. The number of anilines is 1. The van der Waals surface area contributed by atoms with Crippen LogP contribution in [0.5, 0.6) is 5.75 Å². The quantitative estimate of drug-likeness (QED) is 0.933. The van der Waals surface area contributed by atoms with Crippen LogP contribution in [0, 0.1) is 0 Å². The summed E-state index contributed by atoms with van der Waals surface area (Å²) >= 11 is 1.63. The minimum atomic E-state index is 0. The number of guanidine groups is 1. The molecule has 0 unspecified atom stereocenters. The highest BCUT2D eigenvalue weighted by molar-refractivity contribution is 7.09. The Morgan fingerprint density at radius 2 is 2.09 bits per heavy atom. The number of ether oxygens (including phenoxy) is 1. The third-order valence-corrected chi connectivity index (χ3v) is 4.02. The number of nitrogens with one attached hydrogen (secondary N) is 1. The SMILES string of the molecule is COc1ccc(NC2=NCC(=O)N2Cc2cccs2)cc1.Cl. The maximum Gasteiger partial charge on any atom is 0.251 e. The highest BCUT2D eigenvalue weighted by Crippen LogP contribution is 2.19. The summed E-state index contributed by atoms with van der Waals surface area (Å²) in [7, 11) is 1.63. The van der Waals surface area contributed by atoms with Gasteiger partial charge in [-0.25, -0.2) is 4.99 Å². The zero-order valence-corrected chi connectivity index (χ0v) is 13.6. The lowest BCUT2D eigenvalue weighted by molar-refractivity contribution is -0.125. The summed E-state index contributed by atoms with van der Waals surface area (Å²) in [5.41, 5.74) is 0.875. The number of carbonyl (C=O) groups is 1. The topological polar surface area (TPSA) is 53.9 Å². The second kappa shape index (κ2) is 7.29. The van der Waals surface area contributed by atoms with Crippen LogP contribution >= 0.6 is 23.7 Å². The number of halogens is 1. The lowest BCUT2D eigenvalue weighted by Gasteiger charge is -2.18. The van der Waals surface area contributed by atoms with E-state index in [0.717, 1.165) is 16.3 Å². The van der Waals surface area contributed by atoms with Crippen LogP contribution in [0.25, 0.3) is 0 Å². The minimum Gasteiger partial charge on any atom is -0.497 e. The number of benzene rings is 1. The van der Waals surface area contributed by atoms with E-state index in [-0.39, 0.29) is 24.9 Å². The van der Waals surface area contributed by atoms with Gasteiger partial charge in [-0.05, 0) is 35.7 Å². The Hall–Kier alpha value is -2.05. The van der Waals surface area contributed by atoms with Crippen molar-refractivity contribution in [3.8, 4) is 5.75 Å². The molecule has 0 saturated carbocycles. The number of methoxy groups -OCH3 is 1. The minimum absolute atomic E-state index is 0. The standard InChI is InChI=1S/C15H15N3O2S.ClH/c1-20-12-6-4-11(5-7-12)17-15-16-9-14(19)18(15)10-13-3-2-8-21-13;/h2-8H,9-10H2,1H3,(H,16,17);1H. The second-order valence-corrected chi connectivity index (χ2v) is 5.58. The number of amides is 1. The molecule has 1 aromatic heterocycles. The van der Waals surface area contributed by atoms with Crippen molar-refractivity contribution in [3.63, 3.8) is 0 Å². The lowest BCUT2D eigenvalue weighted by Crippen LogP contribution is -2.36. The van der Waals surface area contributed by atoms with Gasteiger partial charge in [0.2, 0.25) is 5.96 Å². The Morgan fingerprint density at radius 3 is 2.73 bits per heavy atom. The van der Waals surface area contributed by atoms with E-state index in [0.29, 0.717) is 12.5 Å². The first kappa shape index (κ1) is 16.3. The highest BCUT2D eigenvalue weighted by Gasteiger charge is 2.25. The monoisotopic (exact) mass is 337 g/mol. The van der Waals surface area contributed by atoms with Gasteiger partial charge in [-0.15, -0.1) is 23.7 Å². The van der Waals surface area contributed by atoms with Gasteiger partial charge < -0.3 is 10.1 Å². The molecule has 1 aliphatic rings. The Bertz CT molecular complexity index is 656. The largest absolute Gasteiger partial charge is 0.497 e. The fraction of sp³-hybridized carbons (Fsp3) is 0.200. The lowest BCUT2D eigenvalue weighted by atomic mass is 10.3. The summed E-state index contributed by atoms with van der Waals surface area (Å²) in [5, 5.41) is 5.19. The van der Waals surface area contributed by atoms with Crippen LogP contribution in [0.1, 0.15) is 4.88 Å². The van der Waals surface area contributed by atoms with Crippen LogP contribution in [-0.2, 0) is 11.3 Å². The normalized spacial score (nSPS) is 13.6. The van der Waals surface area contributed by atoms with Crippen molar-refractivity contribution in [2.24, 2.45) is 4.99 Å². The average molecular weight is 338 g/mol. The van der Waals surface area contributed by atoms with Crippen molar-refractivity contribution in [3.05, 3.63) is 46.7 Å². The first-order chi connectivity index (χ1) is 10.3. The molecule has 0 atom stereocenters. The van der Waals surface area contributed by atoms with Gasteiger partial charge in [-0.1, -0.05) is 6.07 Å². The fourth-order valence-corrected chi connectivity index (χ4v) is 2.76. The summed E-state index contributed by atoms with van der Waals surface area (Å²) in [6, 6.07) is 11.5. The Balaban J connectivity index is 0.00000176. The van der Waals surface area contributed by atoms with Crippen LogP contribution in [0.3, 0.4) is 0 Å². The Labute approximate surface area is 139 Å². The Morgan fingerprint density at radius 1 is 1.32 bits per heavy atom. The van der Waals surface area contributed by atoms with E-state index >= 15 is 0 Å². The third kappa shape index (κ3) is 3.58. The summed E-state index contributed by atoms with van der Waals surface area (Å²) < 4.78 is 5.13. The van der Waals surface area contributed by atoms with Gasteiger partial charge in [-0.2, -0.15) is 0 Å². The van der Waals surface area contributed by atoms with Gasteiger partial charge in [-0.3, -0.25) is 9.69 Å². The molecule has 116 valence electrons. The van der Waals surface area contributed by atoms with E-state index in [9.17, 15) is 4.79 Å². The molecule has 0 bridgehead atoms. The van der Waals surface area contributed by atoms with Crippen LogP contribution in [0.4, 0.5) is 5.69 Å². The van der Waals surface area contributed by atoms with Gasteiger partial charge in [0.25, 0.3) is 5.91 Å². The molecule has 0 spiro atoms. The first-order valence-corrected chi connectivity index (χ1v) is 7.42. The highest BCUT2D eigenvalue weighted by atomic mass is 35.5. The van der Waals surface area contributed by atoms with Crippen molar-refractivity contribution in [1.82, 2.24) is 4.90 Å². The van der Waals surface area contributed by atoms with E-state index in [1.54, 1.807) is 23.3 Å². The van der Waals surface area contributed by atoms with Crippen molar-refractivity contribution in [2.45, 2.75) is 6.54 Å². The molecule has 2 heterocycles. The molecule has 0 radical (unpaired) electrons. The second-order valence-electron chi connectivity index (χ2n) is 4.55. The number of aliphatic imine (C=N–C) groups is 1. The van der Waals surface area contributed by atoms with Crippen LogP contribution < -0.4 is 10.1 Å². The molecule has 0 saturated heterocycles. The van der Waals surface area contributed by atoms with Crippen LogP contribution in [-0.4, -0.2) is 30.4 Å². The molecular formula is C15H16ClN3O2S. The van der Waals surface area contributed by atoms with Gasteiger partial charge >= 0.3 is 0 Å². The molecule has 3 rings (SSSR count). The number of thiophene rings is 1. The van der Waals surface area contributed by atoms with E-state index < -0.39 is 0 Å². The summed E-state index contributed by atoms with van der Waals surface area (Å²) in [6.07, 6.45) is 0. The maximum absolute atomic E-state index is 12.0. The third-order valence-electron chi connectivity index (χ3n) is 3.16. The van der Waals surface area contributed by atoms with Gasteiger partial charge in [0, 0.05) is 10.6 Å². The molecule has 0 fully saturated rings. The molecule has 1 N–H and O–H groups in total. The smallest absolute Gasteiger partial charge is 0.251 e. The number of hydrogen-bond acceptors (Lipinski definition) is 5. The van der Waals surface area contributed by atoms with E-state index in [2.05, 4.69) is 10.3 Å². The Kier molecular flexibility index (Phi) is 5.41. The first-order valence-electron chi connectivity index (χ1n) is 6.54. The average Bonchev–Trinajstić information content (AvgIpc) is 3.13. The maximum atomic E-state index is 12.0. The number of rotatable bonds is 4. The van der Waals surface area contributed by atoms with Crippen molar-refractivity contribution >= 4 is 41.3 Å². The molecule has 1 aliphatic heterocycles. The molecule has 5 nitrogen and oxygen atoms in total. The van der Waals surface area contributed by atoms with E-state index in [1.165, 1.54) is 0 Å².